The Labute approximate surface area is 126 Å². The van der Waals surface area contributed by atoms with Crippen molar-refractivity contribution in [3.05, 3.63) is 0 Å². The van der Waals surface area contributed by atoms with Crippen LogP contribution in [0.4, 0.5) is 0 Å². The Kier molecular flexibility index (Phi) is 5.53. The van der Waals surface area contributed by atoms with E-state index in [0.717, 1.165) is 17.9 Å². The minimum atomic E-state index is 0.458. The van der Waals surface area contributed by atoms with Crippen LogP contribution in [0.15, 0.2) is 0 Å². The zero-order valence-corrected chi connectivity index (χ0v) is 14.4. The van der Waals surface area contributed by atoms with Crippen molar-refractivity contribution in [1.29, 1.82) is 0 Å². The predicted molar refractivity (Wildman–Crippen MR) is 88.0 cm³/mol. The lowest BCUT2D eigenvalue weighted by Crippen LogP contribution is -2.52. The molecule has 0 aromatic carbocycles. The highest BCUT2D eigenvalue weighted by Gasteiger charge is 2.38. The minimum absolute atomic E-state index is 0.458. The van der Waals surface area contributed by atoms with Crippen LogP contribution in [-0.4, -0.2) is 37.6 Å². The summed E-state index contributed by atoms with van der Waals surface area (Å²) in [6.07, 6.45) is 9.88. The quantitative estimate of drug-likeness (QED) is 0.840. The highest BCUT2D eigenvalue weighted by Crippen LogP contribution is 2.39. The largest absolute Gasteiger partial charge is 0.316 e. The van der Waals surface area contributed by atoms with E-state index in [1.54, 1.807) is 0 Å². The van der Waals surface area contributed by atoms with Crippen molar-refractivity contribution in [2.45, 2.75) is 77.8 Å². The van der Waals surface area contributed by atoms with Crippen LogP contribution in [0.25, 0.3) is 0 Å². The Morgan fingerprint density at radius 2 is 1.75 bits per heavy atom. The smallest absolute Gasteiger partial charge is 0.0156 e. The van der Waals surface area contributed by atoms with E-state index < -0.39 is 0 Å². The summed E-state index contributed by atoms with van der Waals surface area (Å²) in [6.45, 7) is 8.59. The predicted octanol–water partition coefficient (Wildman–Crippen LogP) is 3.91. The standard InChI is InChI=1S/C18H36N2/c1-14-8-10-16(11-9-14)20(5)13-15-7-6-12-18(2,3)17(15)19-4/h14-17,19H,6-13H2,1-5H3. The van der Waals surface area contributed by atoms with Crippen LogP contribution in [0.3, 0.4) is 0 Å². The Morgan fingerprint density at radius 1 is 1.10 bits per heavy atom. The first-order chi connectivity index (χ1) is 9.44. The Bertz CT molecular complexity index is 292. The molecule has 2 saturated carbocycles. The molecule has 0 amide bonds. The van der Waals surface area contributed by atoms with E-state index in [2.05, 4.69) is 45.1 Å². The summed E-state index contributed by atoms with van der Waals surface area (Å²) in [5.74, 6) is 1.78. The zero-order valence-electron chi connectivity index (χ0n) is 14.4. The minimum Gasteiger partial charge on any atom is -0.316 e. The molecule has 0 saturated heterocycles. The third kappa shape index (κ3) is 3.76. The summed E-state index contributed by atoms with van der Waals surface area (Å²) >= 11 is 0. The maximum Gasteiger partial charge on any atom is 0.0156 e. The molecule has 2 unspecified atom stereocenters. The Morgan fingerprint density at radius 3 is 2.35 bits per heavy atom. The summed E-state index contributed by atoms with van der Waals surface area (Å²) in [5.41, 5.74) is 0.458. The Hall–Kier alpha value is -0.0800. The molecule has 20 heavy (non-hydrogen) atoms. The van der Waals surface area contributed by atoms with Gasteiger partial charge >= 0.3 is 0 Å². The van der Waals surface area contributed by atoms with Crippen LogP contribution in [0.2, 0.25) is 0 Å². The molecule has 2 heteroatoms. The average molecular weight is 280 g/mol. The summed E-state index contributed by atoms with van der Waals surface area (Å²) in [7, 11) is 4.53. The second-order valence-electron chi connectivity index (χ2n) is 8.26. The highest BCUT2D eigenvalue weighted by molar-refractivity contribution is 4.94. The van der Waals surface area contributed by atoms with Crippen LogP contribution < -0.4 is 5.32 Å². The number of nitrogens with zero attached hydrogens (tertiary/aromatic N) is 1. The molecule has 2 aliphatic rings. The lowest BCUT2D eigenvalue weighted by molar-refractivity contribution is 0.0685. The average Bonchev–Trinajstić information content (AvgIpc) is 2.38. The monoisotopic (exact) mass is 280 g/mol. The first kappa shape index (κ1) is 16.3. The van der Waals surface area contributed by atoms with Gasteiger partial charge in [-0.3, -0.25) is 0 Å². The fourth-order valence-electron chi connectivity index (χ4n) is 4.81. The molecule has 118 valence electrons. The molecule has 0 heterocycles. The second kappa shape index (κ2) is 6.79. The molecular weight excluding hydrogens is 244 g/mol. The van der Waals surface area contributed by atoms with Gasteiger partial charge in [-0.2, -0.15) is 0 Å². The zero-order chi connectivity index (χ0) is 14.8. The van der Waals surface area contributed by atoms with Gasteiger partial charge in [-0.15, -0.1) is 0 Å². The number of hydrogen-bond donors (Lipinski definition) is 1. The number of rotatable bonds is 4. The maximum atomic E-state index is 3.63. The van der Waals surface area contributed by atoms with Gasteiger partial charge in [-0.1, -0.05) is 27.2 Å². The van der Waals surface area contributed by atoms with Gasteiger partial charge in [0.15, 0.2) is 0 Å². The molecule has 2 fully saturated rings. The lowest BCUT2D eigenvalue weighted by Gasteiger charge is -2.46. The topological polar surface area (TPSA) is 15.3 Å². The molecule has 2 atom stereocenters. The summed E-state index contributed by atoms with van der Waals surface area (Å²) < 4.78 is 0. The van der Waals surface area contributed by atoms with Crippen molar-refractivity contribution >= 4 is 0 Å². The van der Waals surface area contributed by atoms with Crippen LogP contribution >= 0.6 is 0 Å². The number of nitrogens with one attached hydrogen (secondary N) is 1. The maximum absolute atomic E-state index is 3.63. The fourth-order valence-corrected chi connectivity index (χ4v) is 4.81. The first-order valence-electron chi connectivity index (χ1n) is 8.81. The van der Waals surface area contributed by atoms with Crippen molar-refractivity contribution in [1.82, 2.24) is 10.2 Å². The van der Waals surface area contributed by atoms with Crippen LogP contribution in [0, 0.1) is 17.3 Å². The van der Waals surface area contributed by atoms with E-state index in [4.69, 9.17) is 0 Å². The first-order valence-corrected chi connectivity index (χ1v) is 8.81. The molecule has 0 radical (unpaired) electrons. The van der Waals surface area contributed by atoms with Gasteiger partial charge < -0.3 is 10.2 Å². The van der Waals surface area contributed by atoms with Gasteiger partial charge in [0.2, 0.25) is 0 Å². The van der Waals surface area contributed by atoms with E-state index >= 15 is 0 Å². The van der Waals surface area contributed by atoms with Crippen molar-refractivity contribution in [3.8, 4) is 0 Å². The van der Waals surface area contributed by atoms with Gasteiger partial charge in [0.25, 0.3) is 0 Å². The molecule has 2 aliphatic carbocycles. The molecule has 1 N–H and O–H groups in total. The highest BCUT2D eigenvalue weighted by atomic mass is 15.1. The van der Waals surface area contributed by atoms with Gasteiger partial charge in [0.05, 0.1) is 0 Å². The van der Waals surface area contributed by atoms with Crippen LogP contribution in [0.1, 0.15) is 65.7 Å². The third-order valence-electron chi connectivity index (χ3n) is 6.15. The molecule has 2 rings (SSSR count). The fraction of sp³-hybridized carbons (Fsp3) is 1.00. The normalized spacial score (nSPS) is 38.1. The van der Waals surface area contributed by atoms with Crippen molar-refractivity contribution in [2.24, 2.45) is 17.3 Å². The summed E-state index contributed by atoms with van der Waals surface area (Å²) in [4.78, 5) is 2.68. The van der Waals surface area contributed by atoms with E-state index in [0.29, 0.717) is 11.5 Å². The van der Waals surface area contributed by atoms with Crippen LogP contribution in [0.5, 0.6) is 0 Å². The molecule has 0 aliphatic heterocycles. The van der Waals surface area contributed by atoms with Crippen molar-refractivity contribution in [3.63, 3.8) is 0 Å². The molecule has 0 aromatic rings. The van der Waals surface area contributed by atoms with Crippen molar-refractivity contribution in [2.75, 3.05) is 20.6 Å². The molecular formula is C18H36N2. The van der Waals surface area contributed by atoms with E-state index in [1.807, 2.05) is 0 Å². The summed E-state index contributed by atoms with van der Waals surface area (Å²) in [5, 5.41) is 3.63. The van der Waals surface area contributed by atoms with E-state index in [9.17, 15) is 0 Å². The number of hydrogen-bond acceptors (Lipinski definition) is 2. The third-order valence-corrected chi connectivity index (χ3v) is 6.15. The van der Waals surface area contributed by atoms with Gasteiger partial charge in [-0.25, -0.2) is 0 Å². The summed E-state index contributed by atoms with van der Waals surface area (Å²) in [6, 6.07) is 1.52. The molecule has 0 aromatic heterocycles. The Balaban J connectivity index is 1.90. The van der Waals surface area contributed by atoms with Gasteiger partial charge in [-0.05, 0) is 69.9 Å². The van der Waals surface area contributed by atoms with Gasteiger partial charge in [0.1, 0.15) is 0 Å². The van der Waals surface area contributed by atoms with E-state index in [-0.39, 0.29) is 0 Å². The van der Waals surface area contributed by atoms with Crippen LogP contribution in [-0.2, 0) is 0 Å². The molecule has 2 nitrogen and oxygen atoms in total. The molecule has 0 bridgehead atoms. The SMILES string of the molecule is CNC1C(CN(C)C2CCC(C)CC2)CCCC1(C)C. The molecule has 0 spiro atoms. The van der Waals surface area contributed by atoms with Crippen molar-refractivity contribution < 1.29 is 0 Å². The second-order valence-corrected chi connectivity index (χ2v) is 8.26. The van der Waals surface area contributed by atoms with Gasteiger partial charge in [0, 0.05) is 18.6 Å². The van der Waals surface area contributed by atoms with E-state index in [1.165, 1.54) is 51.5 Å². The lowest BCUT2D eigenvalue weighted by atomic mass is 9.67.